The zero-order valence-corrected chi connectivity index (χ0v) is 11.0. The van der Waals surface area contributed by atoms with Crippen LogP contribution in [0.2, 0.25) is 0 Å². The van der Waals surface area contributed by atoms with Crippen molar-refractivity contribution in [2.75, 3.05) is 26.2 Å². The minimum absolute atomic E-state index is 0.131. The fourth-order valence-electron chi connectivity index (χ4n) is 2.27. The van der Waals surface area contributed by atoms with Crippen molar-refractivity contribution in [1.29, 1.82) is 0 Å². The van der Waals surface area contributed by atoms with Gasteiger partial charge >= 0.3 is 12.0 Å². The van der Waals surface area contributed by atoms with Crippen LogP contribution in [-0.2, 0) is 14.4 Å². The number of nitrogens with zero attached hydrogens (tertiary/aromatic N) is 2. The molecule has 0 spiro atoms. The van der Waals surface area contributed by atoms with Crippen molar-refractivity contribution in [3.8, 4) is 0 Å². The Morgan fingerprint density at radius 1 is 1.25 bits per heavy atom. The molecule has 3 N–H and O–H groups in total. The topological polar surface area (TPSA) is 119 Å². The van der Waals surface area contributed by atoms with Crippen LogP contribution in [0.3, 0.4) is 0 Å². The van der Waals surface area contributed by atoms with E-state index in [1.807, 2.05) is 0 Å². The summed E-state index contributed by atoms with van der Waals surface area (Å²) in [6, 6.07) is -2.40. The third-order valence-electron chi connectivity index (χ3n) is 3.46. The summed E-state index contributed by atoms with van der Waals surface area (Å²) in [6.45, 7) is 1.71. The number of carbonyl (C=O) groups is 4. The van der Waals surface area contributed by atoms with E-state index in [1.165, 1.54) is 4.90 Å². The molecular formula is C11H16N4O5. The Morgan fingerprint density at radius 3 is 2.60 bits per heavy atom. The molecule has 2 unspecified atom stereocenters. The molecule has 2 heterocycles. The van der Waals surface area contributed by atoms with Crippen LogP contribution in [0.5, 0.6) is 0 Å². The van der Waals surface area contributed by atoms with Gasteiger partial charge in [0.15, 0.2) is 0 Å². The molecule has 4 amide bonds. The number of nitrogens with one attached hydrogen (secondary N) is 2. The Labute approximate surface area is 114 Å². The summed E-state index contributed by atoms with van der Waals surface area (Å²) < 4.78 is 0. The van der Waals surface area contributed by atoms with Crippen molar-refractivity contribution < 1.29 is 24.3 Å². The van der Waals surface area contributed by atoms with Crippen molar-refractivity contribution in [3.05, 3.63) is 0 Å². The highest BCUT2D eigenvalue weighted by molar-refractivity contribution is 5.93. The van der Waals surface area contributed by atoms with Gasteiger partial charge in [-0.25, -0.2) is 9.59 Å². The zero-order chi connectivity index (χ0) is 14.9. The van der Waals surface area contributed by atoms with Crippen LogP contribution >= 0.6 is 0 Å². The Balaban J connectivity index is 2.18. The summed E-state index contributed by atoms with van der Waals surface area (Å²) in [5.41, 5.74) is 0. The fraction of sp³-hybridized carbons (Fsp3) is 0.636. The average Bonchev–Trinajstić information content (AvgIpc) is 2.40. The Bertz CT molecular complexity index is 466. The van der Waals surface area contributed by atoms with Crippen molar-refractivity contribution in [2.45, 2.75) is 19.0 Å². The molecular weight excluding hydrogens is 268 g/mol. The minimum atomic E-state index is -1.19. The molecule has 110 valence electrons. The summed E-state index contributed by atoms with van der Waals surface area (Å²) in [6.07, 6.45) is 0. The predicted octanol–water partition coefficient (Wildman–Crippen LogP) is -2.19. The smallest absolute Gasteiger partial charge is 0.328 e. The van der Waals surface area contributed by atoms with Gasteiger partial charge in [-0.15, -0.1) is 0 Å². The van der Waals surface area contributed by atoms with E-state index in [1.54, 1.807) is 6.92 Å². The molecule has 2 atom stereocenters. The number of carbonyl (C=O) groups excluding carboxylic acids is 3. The first-order chi connectivity index (χ1) is 9.41. The van der Waals surface area contributed by atoms with Gasteiger partial charge in [-0.2, -0.15) is 0 Å². The highest BCUT2D eigenvalue weighted by Gasteiger charge is 2.40. The molecule has 0 aromatic carbocycles. The van der Waals surface area contributed by atoms with Gasteiger partial charge in [-0.05, 0) is 6.92 Å². The van der Waals surface area contributed by atoms with Gasteiger partial charge in [0.05, 0.1) is 0 Å². The lowest BCUT2D eigenvalue weighted by molar-refractivity contribution is -0.144. The normalized spacial score (nSPS) is 26.9. The summed E-state index contributed by atoms with van der Waals surface area (Å²) >= 11 is 0. The lowest BCUT2D eigenvalue weighted by Crippen LogP contribution is -2.65. The number of hydrogen-bond donors (Lipinski definition) is 3. The van der Waals surface area contributed by atoms with E-state index in [4.69, 9.17) is 5.11 Å². The third-order valence-corrected chi connectivity index (χ3v) is 3.46. The number of carboxylic acid groups (broad SMARTS) is 1. The molecule has 2 fully saturated rings. The second-order valence-electron chi connectivity index (χ2n) is 4.73. The van der Waals surface area contributed by atoms with E-state index in [0.717, 1.165) is 4.90 Å². The first-order valence-electron chi connectivity index (χ1n) is 6.26. The lowest BCUT2D eigenvalue weighted by Gasteiger charge is -2.40. The predicted molar refractivity (Wildman–Crippen MR) is 65.7 cm³/mol. The number of rotatable bonds is 1. The van der Waals surface area contributed by atoms with E-state index < -0.39 is 30.0 Å². The molecule has 0 aromatic rings. The van der Waals surface area contributed by atoms with Crippen LogP contribution in [0, 0.1) is 0 Å². The van der Waals surface area contributed by atoms with Gasteiger partial charge in [0, 0.05) is 19.6 Å². The second kappa shape index (κ2) is 5.35. The summed E-state index contributed by atoms with van der Waals surface area (Å²) in [7, 11) is 0. The molecule has 9 nitrogen and oxygen atoms in total. The van der Waals surface area contributed by atoms with Gasteiger partial charge in [-0.1, -0.05) is 0 Å². The highest BCUT2D eigenvalue weighted by atomic mass is 16.4. The van der Waals surface area contributed by atoms with Crippen molar-refractivity contribution in [2.24, 2.45) is 0 Å². The number of amides is 4. The summed E-state index contributed by atoms with van der Waals surface area (Å²) in [4.78, 5) is 48.8. The molecule has 9 heteroatoms. The van der Waals surface area contributed by atoms with Gasteiger partial charge in [0.1, 0.15) is 18.6 Å². The fourth-order valence-corrected chi connectivity index (χ4v) is 2.27. The van der Waals surface area contributed by atoms with E-state index in [2.05, 4.69) is 10.6 Å². The Hall–Kier alpha value is -2.32. The summed E-state index contributed by atoms with van der Waals surface area (Å²) in [5.74, 6) is -1.89. The van der Waals surface area contributed by atoms with Gasteiger partial charge in [-0.3, -0.25) is 14.5 Å². The number of aliphatic carboxylic acids is 1. The van der Waals surface area contributed by atoms with Gasteiger partial charge in [0.2, 0.25) is 11.8 Å². The third kappa shape index (κ3) is 2.51. The minimum Gasteiger partial charge on any atom is -0.480 e. The van der Waals surface area contributed by atoms with Crippen molar-refractivity contribution >= 4 is 23.8 Å². The van der Waals surface area contributed by atoms with E-state index in [9.17, 15) is 19.2 Å². The quantitative estimate of drug-likeness (QED) is 0.505. The highest BCUT2D eigenvalue weighted by Crippen LogP contribution is 2.13. The van der Waals surface area contributed by atoms with Crippen LogP contribution in [0.1, 0.15) is 6.92 Å². The maximum Gasteiger partial charge on any atom is 0.328 e. The second-order valence-corrected chi connectivity index (χ2v) is 4.73. The molecule has 2 rings (SSSR count). The SMILES string of the molecule is CC1C(=O)NCCN1C(=O)N1CC(=O)NCC1C(=O)O. The van der Waals surface area contributed by atoms with Crippen LogP contribution in [0.15, 0.2) is 0 Å². The molecule has 0 aromatic heterocycles. The van der Waals surface area contributed by atoms with E-state index in [-0.39, 0.29) is 25.5 Å². The van der Waals surface area contributed by atoms with Gasteiger partial charge < -0.3 is 20.6 Å². The van der Waals surface area contributed by atoms with Crippen molar-refractivity contribution in [3.63, 3.8) is 0 Å². The monoisotopic (exact) mass is 284 g/mol. The zero-order valence-electron chi connectivity index (χ0n) is 11.0. The molecule has 20 heavy (non-hydrogen) atoms. The summed E-state index contributed by atoms with van der Waals surface area (Å²) in [5, 5.41) is 14.1. The molecule has 0 aliphatic carbocycles. The van der Waals surface area contributed by atoms with Crippen molar-refractivity contribution in [1.82, 2.24) is 20.4 Å². The molecule has 0 radical (unpaired) electrons. The Morgan fingerprint density at radius 2 is 1.95 bits per heavy atom. The van der Waals surface area contributed by atoms with E-state index >= 15 is 0 Å². The number of hydrogen-bond acceptors (Lipinski definition) is 4. The molecule has 2 aliphatic rings. The van der Waals surface area contributed by atoms with Crippen LogP contribution in [-0.4, -0.2) is 77.0 Å². The first-order valence-corrected chi connectivity index (χ1v) is 6.26. The molecule has 2 saturated heterocycles. The van der Waals surface area contributed by atoms with E-state index in [0.29, 0.717) is 6.54 Å². The average molecular weight is 284 g/mol. The molecule has 0 bridgehead atoms. The van der Waals surface area contributed by atoms with Gasteiger partial charge in [0.25, 0.3) is 0 Å². The van der Waals surface area contributed by atoms with Crippen LogP contribution in [0.25, 0.3) is 0 Å². The first kappa shape index (κ1) is 14.1. The molecule has 0 saturated carbocycles. The Kier molecular flexibility index (Phi) is 3.77. The maximum absolute atomic E-state index is 12.4. The van der Waals surface area contributed by atoms with Crippen LogP contribution in [0.4, 0.5) is 4.79 Å². The molecule has 2 aliphatic heterocycles. The number of piperazine rings is 2. The number of carboxylic acids is 1. The lowest BCUT2D eigenvalue weighted by atomic mass is 10.1. The number of urea groups is 1. The maximum atomic E-state index is 12.4. The van der Waals surface area contributed by atoms with Crippen LogP contribution < -0.4 is 10.6 Å². The largest absolute Gasteiger partial charge is 0.480 e. The standard InChI is InChI=1S/C11H16N4O5/c1-6-9(17)12-2-3-14(6)11(20)15-5-8(16)13-4-7(15)10(18)19/h6-7H,2-5H2,1H3,(H,12,17)(H,13,16)(H,18,19).